The Labute approximate surface area is 163 Å². The van der Waals surface area contributed by atoms with E-state index in [0.29, 0.717) is 5.75 Å². The average molecular weight is 624 g/mol. The summed E-state index contributed by atoms with van der Waals surface area (Å²) in [4.78, 5) is 10.8. The molecule has 0 unspecified atom stereocenters. The van der Waals surface area contributed by atoms with Crippen LogP contribution >= 0.6 is 67.8 Å². The van der Waals surface area contributed by atoms with E-state index in [4.69, 9.17) is 9.84 Å². The van der Waals surface area contributed by atoms with Crippen LogP contribution in [0.3, 0.4) is 0 Å². The number of allylic oxidation sites excluding steroid dienone is 1. The molecule has 112 valence electrons. The van der Waals surface area contributed by atoms with Gasteiger partial charge in [-0.3, -0.25) is 4.79 Å². The number of carbonyl (C=O) groups is 1. The van der Waals surface area contributed by atoms with Crippen molar-refractivity contribution in [2.45, 2.75) is 16.4 Å². The van der Waals surface area contributed by atoms with Gasteiger partial charge in [0.2, 0.25) is 0 Å². The molecule has 0 heterocycles. The summed E-state index contributed by atoms with van der Waals surface area (Å²) in [5, 5.41) is 18.4. The monoisotopic (exact) mass is 624 g/mol. The fraction of sp³-hybridized carbons (Fsp3) is 0.214. The standard InChI is InChI=1S/C14H11I3O4/c15-9-6-8(1-2-12(9)18)21-14-10(16)3-7(4-11(14)17)5-13(19)20/h1-4,6,10,14,18H,5H2,(H,19,20)/t10-,14-/m1/s1. The molecule has 7 heteroatoms. The number of alkyl halides is 1. The molecule has 4 nitrogen and oxygen atoms in total. The molecule has 0 radical (unpaired) electrons. The van der Waals surface area contributed by atoms with Crippen LogP contribution in [0.1, 0.15) is 6.42 Å². The lowest BCUT2D eigenvalue weighted by Gasteiger charge is -2.26. The summed E-state index contributed by atoms with van der Waals surface area (Å²) >= 11 is 6.48. The minimum absolute atomic E-state index is 0.0236. The summed E-state index contributed by atoms with van der Waals surface area (Å²) in [6.45, 7) is 0. The van der Waals surface area contributed by atoms with Crippen LogP contribution in [0.2, 0.25) is 0 Å². The van der Waals surface area contributed by atoms with Crippen molar-refractivity contribution < 1.29 is 19.7 Å². The maximum Gasteiger partial charge on any atom is 0.307 e. The summed E-state index contributed by atoms with van der Waals surface area (Å²) in [6, 6.07) is 5.10. The zero-order valence-electron chi connectivity index (χ0n) is 10.6. The number of phenols is 1. The van der Waals surface area contributed by atoms with Crippen molar-refractivity contribution >= 4 is 73.7 Å². The van der Waals surface area contributed by atoms with Gasteiger partial charge >= 0.3 is 5.97 Å². The minimum Gasteiger partial charge on any atom is -0.507 e. The van der Waals surface area contributed by atoms with Crippen LogP contribution < -0.4 is 4.74 Å². The van der Waals surface area contributed by atoms with Gasteiger partial charge < -0.3 is 14.9 Å². The number of phenolic OH excluding ortho intramolecular Hbond substituents is 1. The Morgan fingerprint density at radius 1 is 1.33 bits per heavy atom. The number of ether oxygens (including phenoxy) is 1. The molecule has 0 spiro atoms. The molecule has 2 rings (SSSR count). The third kappa shape index (κ3) is 4.71. The Kier molecular flexibility index (Phi) is 6.17. The molecule has 1 aromatic carbocycles. The van der Waals surface area contributed by atoms with Crippen LogP contribution in [0, 0.1) is 3.57 Å². The fourth-order valence-electron chi connectivity index (χ4n) is 1.86. The van der Waals surface area contributed by atoms with Gasteiger partial charge in [0.25, 0.3) is 0 Å². The van der Waals surface area contributed by atoms with E-state index >= 15 is 0 Å². The molecule has 21 heavy (non-hydrogen) atoms. The van der Waals surface area contributed by atoms with E-state index in [2.05, 4.69) is 45.2 Å². The van der Waals surface area contributed by atoms with Gasteiger partial charge in [0, 0.05) is 3.58 Å². The molecule has 1 aromatic rings. The minimum atomic E-state index is -0.835. The third-order valence-electron chi connectivity index (χ3n) is 2.80. The number of rotatable bonds is 4. The molecule has 1 aliphatic carbocycles. The van der Waals surface area contributed by atoms with E-state index in [1.165, 1.54) is 0 Å². The smallest absolute Gasteiger partial charge is 0.307 e. The van der Waals surface area contributed by atoms with Crippen LogP contribution in [-0.2, 0) is 4.79 Å². The molecule has 0 amide bonds. The van der Waals surface area contributed by atoms with E-state index in [9.17, 15) is 9.90 Å². The highest BCUT2D eigenvalue weighted by Gasteiger charge is 2.27. The van der Waals surface area contributed by atoms with Crippen molar-refractivity contribution in [3.05, 3.63) is 43.1 Å². The summed E-state index contributed by atoms with van der Waals surface area (Å²) < 4.78 is 7.73. The maximum atomic E-state index is 10.8. The third-order valence-corrected chi connectivity index (χ3v) is 5.60. The summed E-state index contributed by atoms with van der Waals surface area (Å²) in [5.74, 6) is 0.0748. The number of carboxylic acids is 1. The number of aliphatic carboxylic acids is 1. The van der Waals surface area contributed by atoms with Crippen molar-refractivity contribution in [3.63, 3.8) is 0 Å². The molecule has 2 atom stereocenters. The van der Waals surface area contributed by atoms with E-state index in [1.54, 1.807) is 18.2 Å². The highest BCUT2D eigenvalue weighted by Crippen LogP contribution is 2.34. The van der Waals surface area contributed by atoms with Crippen LogP contribution in [0.4, 0.5) is 0 Å². The largest absolute Gasteiger partial charge is 0.507 e. The predicted molar refractivity (Wildman–Crippen MR) is 105 cm³/mol. The average Bonchev–Trinajstić information content (AvgIpc) is 2.37. The topological polar surface area (TPSA) is 66.8 Å². The Morgan fingerprint density at radius 2 is 2.05 bits per heavy atom. The van der Waals surface area contributed by atoms with Crippen molar-refractivity contribution in [1.82, 2.24) is 0 Å². The molecular formula is C14H11I3O4. The van der Waals surface area contributed by atoms with Crippen LogP contribution in [0.5, 0.6) is 11.5 Å². The molecule has 0 bridgehead atoms. The van der Waals surface area contributed by atoms with E-state index < -0.39 is 5.97 Å². The first-order valence-electron chi connectivity index (χ1n) is 5.95. The Hall–Kier alpha value is -0.0400. The van der Waals surface area contributed by atoms with Gasteiger partial charge in [0.05, 0.1) is 13.9 Å². The van der Waals surface area contributed by atoms with Crippen molar-refractivity contribution in [1.29, 1.82) is 0 Å². The zero-order chi connectivity index (χ0) is 15.6. The highest BCUT2D eigenvalue weighted by molar-refractivity contribution is 14.1. The van der Waals surface area contributed by atoms with Gasteiger partial charge in [-0.05, 0) is 75.0 Å². The normalized spacial score (nSPS) is 21.5. The number of aromatic hydroxyl groups is 1. The number of hydrogen-bond donors (Lipinski definition) is 2. The van der Waals surface area contributed by atoms with Gasteiger partial charge in [0.15, 0.2) is 0 Å². The molecule has 1 aliphatic rings. The predicted octanol–water partition coefficient (Wildman–Crippen LogP) is 4.28. The van der Waals surface area contributed by atoms with E-state index in [0.717, 1.165) is 12.7 Å². The maximum absolute atomic E-state index is 10.8. The molecule has 2 N–H and O–H groups in total. The molecule has 0 saturated carbocycles. The van der Waals surface area contributed by atoms with Gasteiger partial charge in [-0.2, -0.15) is 0 Å². The first-order chi connectivity index (χ1) is 9.86. The fourth-order valence-corrected chi connectivity index (χ4v) is 4.95. The molecule has 0 aromatic heterocycles. The number of carboxylic acid groups (broad SMARTS) is 1. The van der Waals surface area contributed by atoms with Gasteiger partial charge in [0.1, 0.15) is 17.6 Å². The van der Waals surface area contributed by atoms with E-state index in [-0.39, 0.29) is 22.2 Å². The lowest BCUT2D eigenvalue weighted by Crippen LogP contribution is -2.29. The Bertz CT molecular complexity index is 625. The highest BCUT2D eigenvalue weighted by atomic mass is 127. The lowest BCUT2D eigenvalue weighted by atomic mass is 10.0. The summed E-state index contributed by atoms with van der Waals surface area (Å²) in [6.07, 6.45) is 3.66. The molecular weight excluding hydrogens is 613 g/mol. The van der Waals surface area contributed by atoms with Crippen molar-refractivity contribution in [3.8, 4) is 11.5 Å². The zero-order valence-corrected chi connectivity index (χ0v) is 17.1. The van der Waals surface area contributed by atoms with Gasteiger partial charge in [-0.1, -0.05) is 28.7 Å². The van der Waals surface area contributed by atoms with Crippen molar-refractivity contribution in [2.24, 2.45) is 0 Å². The van der Waals surface area contributed by atoms with Crippen LogP contribution in [-0.4, -0.2) is 26.2 Å². The first kappa shape index (κ1) is 17.3. The van der Waals surface area contributed by atoms with Gasteiger partial charge in [-0.25, -0.2) is 0 Å². The van der Waals surface area contributed by atoms with Crippen molar-refractivity contribution in [2.75, 3.05) is 0 Å². The summed E-state index contributed by atoms with van der Waals surface area (Å²) in [7, 11) is 0. The lowest BCUT2D eigenvalue weighted by molar-refractivity contribution is -0.136. The second-order valence-corrected chi connectivity index (χ2v) is 8.28. The number of benzene rings is 1. The van der Waals surface area contributed by atoms with Gasteiger partial charge in [-0.15, -0.1) is 0 Å². The van der Waals surface area contributed by atoms with Crippen LogP contribution in [0.15, 0.2) is 39.5 Å². The number of hydrogen-bond acceptors (Lipinski definition) is 3. The molecule has 0 saturated heterocycles. The SMILES string of the molecule is O=C(O)CC1=C[C@@H](I)[C@@H](Oc2ccc(O)c(I)c2)C(I)=C1. The quantitative estimate of drug-likeness (QED) is 0.388. The first-order valence-corrected chi connectivity index (χ1v) is 9.36. The number of halogens is 3. The molecule has 0 aliphatic heterocycles. The Balaban J connectivity index is 2.15. The van der Waals surface area contributed by atoms with Crippen LogP contribution in [0.25, 0.3) is 0 Å². The van der Waals surface area contributed by atoms with E-state index in [1.807, 2.05) is 34.7 Å². The summed E-state index contributed by atoms with van der Waals surface area (Å²) in [5.41, 5.74) is 0.798. The second kappa shape index (κ2) is 7.49. The molecule has 0 fully saturated rings. The second-order valence-electron chi connectivity index (χ2n) is 4.44. The Morgan fingerprint density at radius 3 is 2.62 bits per heavy atom.